The summed E-state index contributed by atoms with van der Waals surface area (Å²) in [6.45, 7) is 1.96. The van der Waals surface area contributed by atoms with Crippen LogP contribution in [0.1, 0.15) is 27.7 Å². The maximum Gasteiger partial charge on any atom is 0.261 e. The molecule has 4 rings (SSSR count). The van der Waals surface area contributed by atoms with Crippen LogP contribution in [0.25, 0.3) is 0 Å². The minimum Gasteiger partial charge on any atom is -0.360 e. The number of carbonyl (C=O) groups excluding carboxylic acids is 1. The van der Waals surface area contributed by atoms with Crippen molar-refractivity contribution in [2.75, 3.05) is 10.2 Å². The number of hydrogen-bond donors (Lipinski definition) is 1. The normalized spacial score (nSPS) is 15.9. The largest absolute Gasteiger partial charge is 0.360 e. The molecule has 1 N–H and O–H groups in total. The highest BCUT2D eigenvalue weighted by Gasteiger charge is 2.38. The highest BCUT2D eigenvalue weighted by atomic mass is 35.5. The zero-order chi connectivity index (χ0) is 18.3. The molecule has 2 heterocycles. The molecule has 4 nitrogen and oxygen atoms in total. The van der Waals surface area contributed by atoms with Crippen molar-refractivity contribution in [1.29, 1.82) is 0 Å². The summed E-state index contributed by atoms with van der Waals surface area (Å²) in [4.78, 5) is 19.1. The van der Waals surface area contributed by atoms with Crippen LogP contribution >= 0.6 is 23.2 Å². The van der Waals surface area contributed by atoms with Crippen molar-refractivity contribution in [3.63, 3.8) is 0 Å². The van der Waals surface area contributed by atoms with E-state index < -0.39 is 6.17 Å². The summed E-state index contributed by atoms with van der Waals surface area (Å²) >= 11 is 12.5. The van der Waals surface area contributed by atoms with E-state index >= 15 is 0 Å². The first-order valence-corrected chi connectivity index (χ1v) is 8.87. The van der Waals surface area contributed by atoms with Crippen LogP contribution in [0.15, 0.2) is 60.8 Å². The predicted octanol–water partition coefficient (Wildman–Crippen LogP) is 5.47. The molecule has 1 amide bonds. The van der Waals surface area contributed by atoms with Gasteiger partial charge in [0, 0.05) is 17.3 Å². The number of anilines is 2. The maximum absolute atomic E-state index is 13.0. The number of aryl methyl sites for hydroxylation is 1. The van der Waals surface area contributed by atoms with Crippen LogP contribution in [-0.4, -0.2) is 10.9 Å². The van der Waals surface area contributed by atoms with Crippen molar-refractivity contribution in [3.8, 4) is 0 Å². The number of rotatable bonds is 3. The SMILES string of the molecule is Cc1ccc(N2C(=O)c3ccccc3[C@H]2Nc2cccc(Cl)c2Cl)nc1. The molecule has 1 aliphatic rings. The van der Waals surface area contributed by atoms with Crippen molar-refractivity contribution in [3.05, 3.63) is 87.5 Å². The van der Waals surface area contributed by atoms with Crippen LogP contribution in [-0.2, 0) is 0 Å². The second-order valence-corrected chi connectivity index (χ2v) is 6.89. The molecule has 3 aromatic rings. The Bertz CT molecular complexity index is 989. The molecule has 0 unspecified atom stereocenters. The Morgan fingerprint density at radius 1 is 1.04 bits per heavy atom. The molecule has 130 valence electrons. The molecule has 0 radical (unpaired) electrons. The van der Waals surface area contributed by atoms with E-state index in [1.54, 1.807) is 17.2 Å². The van der Waals surface area contributed by atoms with Gasteiger partial charge in [-0.3, -0.25) is 9.69 Å². The lowest BCUT2D eigenvalue weighted by Gasteiger charge is -2.26. The molecule has 0 saturated carbocycles. The molecule has 1 aromatic heterocycles. The molecule has 2 aromatic carbocycles. The van der Waals surface area contributed by atoms with E-state index in [9.17, 15) is 4.79 Å². The zero-order valence-electron chi connectivity index (χ0n) is 13.9. The van der Waals surface area contributed by atoms with Gasteiger partial charge >= 0.3 is 0 Å². The summed E-state index contributed by atoms with van der Waals surface area (Å²) in [7, 11) is 0. The number of hydrogen-bond acceptors (Lipinski definition) is 3. The Balaban J connectivity index is 1.81. The number of nitrogens with one attached hydrogen (secondary N) is 1. The molecular formula is C20H15Cl2N3O. The Kier molecular flexibility index (Phi) is 4.31. The van der Waals surface area contributed by atoms with Crippen LogP contribution < -0.4 is 10.2 Å². The number of aromatic nitrogens is 1. The number of nitrogens with zero attached hydrogens (tertiary/aromatic N) is 2. The number of fused-ring (bicyclic) bond motifs is 1. The van der Waals surface area contributed by atoms with Crippen LogP contribution in [0.4, 0.5) is 11.5 Å². The summed E-state index contributed by atoms with van der Waals surface area (Å²) in [5, 5.41) is 4.22. The number of amides is 1. The smallest absolute Gasteiger partial charge is 0.261 e. The standard InChI is InChI=1S/C20H15Cl2N3O/c1-12-9-10-17(23-11-12)25-19(13-5-2-3-6-14(13)20(25)26)24-16-8-4-7-15(21)18(16)22/h2-11,19,24H,1H3/t19-/m0/s1. The highest BCUT2D eigenvalue weighted by molar-refractivity contribution is 6.43. The number of carbonyl (C=O) groups is 1. The van der Waals surface area contributed by atoms with Crippen molar-refractivity contribution >= 4 is 40.6 Å². The summed E-state index contributed by atoms with van der Waals surface area (Å²) in [6.07, 6.45) is 1.32. The fourth-order valence-electron chi connectivity index (χ4n) is 3.06. The highest BCUT2D eigenvalue weighted by Crippen LogP contribution is 2.39. The minimum atomic E-state index is -0.426. The Morgan fingerprint density at radius 3 is 2.62 bits per heavy atom. The first-order chi connectivity index (χ1) is 12.6. The van der Waals surface area contributed by atoms with Gasteiger partial charge in [-0.2, -0.15) is 0 Å². The van der Waals surface area contributed by atoms with E-state index in [1.807, 2.05) is 55.5 Å². The van der Waals surface area contributed by atoms with Crippen molar-refractivity contribution in [2.24, 2.45) is 0 Å². The summed E-state index contributed by atoms with van der Waals surface area (Å²) < 4.78 is 0. The molecule has 0 saturated heterocycles. The van der Waals surface area contributed by atoms with Gasteiger partial charge in [0.05, 0.1) is 15.7 Å². The first kappa shape index (κ1) is 16.9. The molecule has 6 heteroatoms. The Hall–Kier alpha value is -2.56. The molecule has 0 spiro atoms. The molecular weight excluding hydrogens is 369 g/mol. The van der Waals surface area contributed by atoms with E-state index in [-0.39, 0.29) is 5.91 Å². The van der Waals surface area contributed by atoms with Crippen LogP contribution in [0.2, 0.25) is 10.0 Å². The van der Waals surface area contributed by atoms with E-state index in [2.05, 4.69) is 10.3 Å². The van der Waals surface area contributed by atoms with Gasteiger partial charge in [0.2, 0.25) is 0 Å². The Morgan fingerprint density at radius 2 is 1.85 bits per heavy atom. The summed E-state index contributed by atoms with van der Waals surface area (Å²) in [5.74, 6) is 0.472. The van der Waals surface area contributed by atoms with Crippen LogP contribution in [0.5, 0.6) is 0 Å². The number of halogens is 2. The van der Waals surface area contributed by atoms with Gasteiger partial charge in [-0.25, -0.2) is 4.98 Å². The third kappa shape index (κ3) is 2.81. The molecule has 1 aliphatic heterocycles. The lowest BCUT2D eigenvalue weighted by molar-refractivity contribution is 0.0992. The third-order valence-corrected chi connectivity index (χ3v) is 5.17. The number of benzene rings is 2. The quantitative estimate of drug-likeness (QED) is 0.652. The van der Waals surface area contributed by atoms with Crippen LogP contribution in [0.3, 0.4) is 0 Å². The van der Waals surface area contributed by atoms with Gasteiger partial charge in [-0.05, 0) is 36.8 Å². The zero-order valence-corrected chi connectivity index (χ0v) is 15.4. The van der Waals surface area contributed by atoms with E-state index in [0.29, 0.717) is 27.1 Å². The average Bonchev–Trinajstić information content (AvgIpc) is 2.92. The molecule has 0 aliphatic carbocycles. The first-order valence-electron chi connectivity index (χ1n) is 8.12. The van der Waals surface area contributed by atoms with E-state index in [4.69, 9.17) is 23.2 Å². The molecule has 0 bridgehead atoms. The van der Waals surface area contributed by atoms with Crippen molar-refractivity contribution in [1.82, 2.24) is 4.98 Å². The molecule has 26 heavy (non-hydrogen) atoms. The predicted molar refractivity (Wildman–Crippen MR) is 105 cm³/mol. The second-order valence-electron chi connectivity index (χ2n) is 6.10. The monoisotopic (exact) mass is 383 g/mol. The summed E-state index contributed by atoms with van der Waals surface area (Å²) in [6, 6.07) is 16.7. The van der Waals surface area contributed by atoms with Gasteiger partial charge in [-0.15, -0.1) is 0 Å². The third-order valence-electron chi connectivity index (χ3n) is 4.35. The lowest BCUT2D eigenvalue weighted by atomic mass is 10.1. The van der Waals surface area contributed by atoms with E-state index in [0.717, 1.165) is 11.1 Å². The minimum absolute atomic E-state index is 0.104. The summed E-state index contributed by atoms with van der Waals surface area (Å²) in [5.41, 5.74) is 3.20. The van der Waals surface area contributed by atoms with Gasteiger partial charge < -0.3 is 5.32 Å². The second kappa shape index (κ2) is 6.63. The van der Waals surface area contributed by atoms with Crippen molar-refractivity contribution in [2.45, 2.75) is 13.1 Å². The van der Waals surface area contributed by atoms with Gasteiger partial charge in [0.1, 0.15) is 12.0 Å². The number of pyridine rings is 1. The molecule has 1 atom stereocenters. The van der Waals surface area contributed by atoms with Gasteiger partial charge in [0.25, 0.3) is 5.91 Å². The molecule has 0 fully saturated rings. The van der Waals surface area contributed by atoms with Gasteiger partial charge in [-0.1, -0.05) is 53.5 Å². The fraction of sp³-hybridized carbons (Fsp3) is 0.100. The lowest BCUT2D eigenvalue weighted by Crippen LogP contribution is -2.33. The van der Waals surface area contributed by atoms with Crippen LogP contribution in [0, 0.1) is 6.92 Å². The van der Waals surface area contributed by atoms with Crippen molar-refractivity contribution < 1.29 is 4.79 Å². The van der Waals surface area contributed by atoms with E-state index in [1.165, 1.54) is 0 Å². The Labute approximate surface area is 161 Å². The van der Waals surface area contributed by atoms with Gasteiger partial charge in [0.15, 0.2) is 0 Å². The fourth-order valence-corrected chi connectivity index (χ4v) is 3.42. The average molecular weight is 384 g/mol. The maximum atomic E-state index is 13.0. The topological polar surface area (TPSA) is 45.2 Å².